The maximum atomic E-state index is 11.2. The van der Waals surface area contributed by atoms with Gasteiger partial charge in [-0.25, -0.2) is 13.4 Å². The number of anilines is 1. The zero-order valence-corrected chi connectivity index (χ0v) is 11.0. The second kappa shape index (κ2) is 4.18. The lowest BCUT2D eigenvalue weighted by Crippen LogP contribution is -2.21. The van der Waals surface area contributed by atoms with E-state index in [1.54, 1.807) is 12.3 Å². The van der Waals surface area contributed by atoms with Crippen LogP contribution in [0.5, 0.6) is 0 Å². The van der Waals surface area contributed by atoms with E-state index in [4.69, 9.17) is 0 Å². The highest BCUT2D eigenvalue weighted by Gasteiger charge is 2.22. The molecule has 1 aromatic rings. The van der Waals surface area contributed by atoms with E-state index in [1.165, 1.54) is 5.41 Å². The van der Waals surface area contributed by atoms with Crippen molar-refractivity contribution in [2.45, 2.75) is 13.0 Å². The highest BCUT2D eigenvalue weighted by molar-refractivity contribution is 9.10. The van der Waals surface area contributed by atoms with Crippen LogP contribution in [0, 0.1) is 6.92 Å². The molecule has 1 aliphatic rings. The molecular formula is C10H11BrN2O2S. The fourth-order valence-electron chi connectivity index (χ4n) is 1.48. The van der Waals surface area contributed by atoms with Gasteiger partial charge < -0.3 is 5.32 Å². The van der Waals surface area contributed by atoms with Gasteiger partial charge in [-0.2, -0.15) is 0 Å². The summed E-state index contributed by atoms with van der Waals surface area (Å²) in [6.07, 6.45) is 3.38. The van der Waals surface area contributed by atoms with Crippen LogP contribution in [0.2, 0.25) is 0 Å². The molecule has 6 heteroatoms. The van der Waals surface area contributed by atoms with Gasteiger partial charge in [-0.15, -0.1) is 0 Å². The van der Waals surface area contributed by atoms with E-state index in [9.17, 15) is 8.42 Å². The van der Waals surface area contributed by atoms with Crippen LogP contribution in [0.25, 0.3) is 0 Å². The summed E-state index contributed by atoms with van der Waals surface area (Å²) in [7, 11) is -3.02. The first-order valence-electron chi connectivity index (χ1n) is 4.76. The largest absolute Gasteiger partial charge is 0.362 e. The number of aromatic nitrogens is 1. The zero-order chi connectivity index (χ0) is 11.8. The molecular weight excluding hydrogens is 292 g/mol. The molecule has 0 saturated heterocycles. The summed E-state index contributed by atoms with van der Waals surface area (Å²) in [5.41, 5.74) is 1.05. The first-order valence-corrected chi connectivity index (χ1v) is 7.27. The molecule has 0 saturated carbocycles. The van der Waals surface area contributed by atoms with E-state index in [1.807, 2.05) is 13.0 Å². The average molecular weight is 303 g/mol. The second-order valence-electron chi connectivity index (χ2n) is 3.75. The van der Waals surface area contributed by atoms with Gasteiger partial charge >= 0.3 is 0 Å². The fourth-order valence-corrected chi connectivity index (χ4v) is 3.29. The molecule has 2 heterocycles. The maximum absolute atomic E-state index is 11.2. The third-order valence-electron chi connectivity index (χ3n) is 2.23. The van der Waals surface area contributed by atoms with Crippen molar-refractivity contribution >= 4 is 31.6 Å². The number of pyridine rings is 1. The number of hydrogen-bond acceptors (Lipinski definition) is 4. The van der Waals surface area contributed by atoms with Crippen LogP contribution >= 0.6 is 15.9 Å². The predicted molar refractivity (Wildman–Crippen MR) is 67.0 cm³/mol. The first kappa shape index (κ1) is 11.6. The van der Waals surface area contributed by atoms with E-state index >= 15 is 0 Å². The Hall–Kier alpha value is -0.880. The van der Waals surface area contributed by atoms with E-state index in [2.05, 4.69) is 26.2 Å². The van der Waals surface area contributed by atoms with Gasteiger partial charge in [0.1, 0.15) is 5.82 Å². The zero-order valence-electron chi connectivity index (χ0n) is 8.64. The van der Waals surface area contributed by atoms with Crippen molar-refractivity contribution in [3.63, 3.8) is 0 Å². The highest BCUT2D eigenvalue weighted by Crippen LogP contribution is 2.22. The lowest BCUT2D eigenvalue weighted by Gasteiger charge is -2.12. The Morgan fingerprint density at radius 1 is 1.56 bits per heavy atom. The molecule has 2 rings (SSSR count). The molecule has 1 unspecified atom stereocenters. The first-order chi connectivity index (χ1) is 7.46. The van der Waals surface area contributed by atoms with Gasteiger partial charge in [0.05, 0.1) is 16.3 Å². The van der Waals surface area contributed by atoms with Gasteiger partial charge in [-0.3, -0.25) is 0 Å². The van der Waals surface area contributed by atoms with E-state index in [0.29, 0.717) is 5.82 Å². The van der Waals surface area contributed by atoms with E-state index < -0.39 is 9.84 Å². The minimum atomic E-state index is -3.02. The topological polar surface area (TPSA) is 59.1 Å². The molecule has 0 bridgehead atoms. The highest BCUT2D eigenvalue weighted by atomic mass is 79.9. The van der Waals surface area contributed by atoms with Crippen molar-refractivity contribution in [3.05, 3.63) is 33.8 Å². The summed E-state index contributed by atoms with van der Waals surface area (Å²) < 4.78 is 23.3. The quantitative estimate of drug-likeness (QED) is 0.906. The summed E-state index contributed by atoms with van der Waals surface area (Å²) in [5.74, 6) is 0.756. The van der Waals surface area contributed by atoms with Gasteiger partial charge in [0.15, 0.2) is 9.84 Å². The molecule has 16 heavy (non-hydrogen) atoms. The van der Waals surface area contributed by atoms with Gasteiger partial charge in [-0.05, 0) is 40.6 Å². The third-order valence-corrected chi connectivity index (χ3v) is 4.23. The Balaban J connectivity index is 2.14. The van der Waals surface area contributed by atoms with Crippen LogP contribution in [0.1, 0.15) is 5.56 Å². The summed E-state index contributed by atoms with van der Waals surface area (Å²) in [6.45, 7) is 1.95. The van der Waals surface area contributed by atoms with Crippen LogP contribution in [0.15, 0.2) is 28.2 Å². The van der Waals surface area contributed by atoms with Crippen LogP contribution in [-0.2, 0) is 9.84 Å². The van der Waals surface area contributed by atoms with Crippen LogP contribution in [0.3, 0.4) is 0 Å². The second-order valence-corrected chi connectivity index (χ2v) is 6.54. The minimum Gasteiger partial charge on any atom is -0.362 e. The van der Waals surface area contributed by atoms with Gasteiger partial charge in [-0.1, -0.05) is 0 Å². The molecule has 1 aliphatic heterocycles. The Morgan fingerprint density at radius 2 is 2.31 bits per heavy atom. The molecule has 0 amide bonds. The molecule has 1 N–H and O–H groups in total. The Morgan fingerprint density at radius 3 is 2.88 bits per heavy atom. The van der Waals surface area contributed by atoms with Crippen molar-refractivity contribution in [1.29, 1.82) is 0 Å². The van der Waals surface area contributed by atoms with Crippen molar-refractivity contribution in [1.82, 2.24) is 4.98 Å². The molecule has 0 spiro atoms. The van der Waals surface area contributed by atoms with Crippen LogP contribution in [0.4, 0.5) is 5.82 Å². The SMILES string of the molecule is Cc1cnc(NC2C=CS(=O)(=O)C2)c(Br)c1. The van der Waals surface area contributed by atoms with Crippen molar-refractivity contribution < 1.29 is 8.42 Å². The number of nitrogens with one attached hydrogen (secondary N) is 1. The molecule has 0 radical (unpaired) electrons. The summed E-state index contributed by atoms with van der Waals surface area (Å²) in [4.78, 5) is 4.20. The average Bonchev–Trinajstić information content (AvgIpc) is 2.51. The third kappa shape index (κ3) is 2.62. The van der Waals surface area contributed by atoms with Crippen molar-refractivity contribution in [2.24, 2.45) is 0 Å². The summed E-state index contributed by atoms with van der Waals surface area (Å²) >= 11 is 3.38. The lowest BCUT2D eigenvalue weighted by atomic mass is 10.3. The summed E-state index contributed by atoms with van der Waals surface area (Å²) in [6, 6.07) is 1.74. The van der Waals surface area contributed by atoms with Crippen molar-refractivity contribution in [2.75, 3.05) is 11.1 Å². The fraction of sp³-hybridized carbons (Fsp3) is 0.300. The number of hydrogen-bond donors (Lipinski definition) is 1. The van der Waals surface area contributed by atoms with Crippen LogP contribution < -0.4 is 5.32 Å². The molecule has 0 aliphatic carbocycles. The van der Waals surface area contributed by atoms with Gasteiger partial charge in [0, 0.05) is 11.6 Å². The molecule has 4 nitrogen and oxygen atoms in total. The number of aryl methyl sites for hydroxylation is 1. The Labute approximate surface area is 103 Å². The van der Waals surface area contributed by atoms with E-state index in [-0.39, 0.29) is 11.8 Å². The maximum Gasteiger partial charge on any atom is 0.173 e. The lowest BCUT2D eigenvalue weighted by molar-refractivity contribution is 0.605. The summed E-state index contributed by atoms with van der Waals surface area (Å²) in [5, 5.41) is 4.31. The monoisotopic (exact) mass is 302 g/mol. The van der Waals surface area contributed by atoms with Gasteiger partial charge in [0.25, 0.3) is 0 Å². The normalized spacial score (nSPS) is 22.2. The Kier molecular flexibility index (Phi) is 3.03. The van der Waals surface area contributed by atoms with Crippen LogP contribution in [-0.4, -0.2) is 25.2 Å². The van der Waals surface area contributed by atoms with Gasteiger partial charge in [0.2, 0.25) is 0 Å². The molecule has 1 atom stereocenters. The van der Waals surface area contributed by atoms with Crippen molar-refractivity contribution in [3.8, 4) is 0 Å². The standard InChI is InChI=1S/C10H11BrN2O2S/c1-7-4-9(11)10(12-5-7)13-8-2-3-16(14,15)6-8/h2-5,8H,6H2,1H3,(H,12,13). The number of sulfone groups is 1. The minimum absolute atomic E-state index is 0.0923. The smallest absolute Gasteiger partial charge is 0.173 e. The number of rotatable bonds is 2. The molecule has 86 valence electrons. The predicted octanol–water partition coefficient (Wildman–Crippen LogP) is 1.88. The van der Waals surface area contributed by atoms with E-state index in [0.717, 1.165) is 10.0 Å². The Bertz CT molecular complexity index is 540. The molecule has 1 aromatic heterocycles. The number of halogens is 1. The molecule has 0 fully saturated rings. The number of nitrogens with zero attached hydrogens (tertiary/aromatic N) is 1. The molecule has 0 aromatic carbocycles.